The average molecular weight is 221 g/mol. The Balaban J connectivity index is 2.37. The van der Waals surface area contributed by atoms with Gasteiger partial charge in [-0.3, -0.25) is 4.79 Å². The fraction of sp³-hybridized carbons (Fsp3) is 0.182. The molecule has 5 heteroatoms. The number of halogens is 1. The van der Waals surface area contributed by atoms with Crippen molar-refractivity contribution in [3.63, 3.8) is 0 Å². The Morgan fingerprint density at radius 2 is 2.12 bits per heavy atom. The molecule has 1 aromatic rings. The van der Waals surface area contributed by atoms with E-state index in [9.17, 15) is 14.0 Å². The Labute approximate surface area is 90.7 Å². The topological polar surface area (TPSA) is 55.7 Å². The minimum absolute atomic E-state index is 0.124. The average Bonchev–Trinajstić information content (AvgIpc) is 2.58. The number of rotatable bonds is 2. The molecule has 16 heavy (non-hydrogen) atoms. The summed E-state index contributed by atoms with van der Waals surface area (Å²) in [5, 5.41) is 3.40. The monoisotopic (exact) mass is 221 g/mol. The highest BCUT2D eigenvalue weighted by molar-refractivity contribution is 6.24. The standard InChI is InChI=1S/C11H8FNO3/c1-6-9(11(15)16-13-6)10(14)7-4-2-3-5-8(7)12/h2-5,9H,1H3. The summed E-state index contributed by atoms with van der Waals surface area (Å²) >= 11 is 0. The molecule has 0 bridgehead atoms. The van der Waals surface area contributed by atoms with E-state index in [-0.39, 0.29) is 11.3 Å². The highest BCUT2D eigenvalue weighted by Gasteiger charge is 2.37. The molecule has 1 aromatic carbocycles. The minimum atomic E-state index is -1.11. The molecule has 82 valence electrons. The van der Waals surface area contributed by atoms with E-state index in [2.05, 4.69) is 9.99 Å². The van der Waals surface area contributed by atoms with Gasteiger partial charge in [0.2, 0.25) is 0 Å². The lowest BCUT2D eigenvalue weighted by atomic mass is 9.94. The maximum atomic E-state index is 13.3. The van der Waals surface area contributed by atoms with Crippen LogP contribution in [0.4, 0.5) is 4.39 Å². The van der Waals surface area contributed by atoms with Crippen LogP contribution in [0.25, 0.3) is 0 Å². The van der Waals surface area contributed by atoms with Crippen molar-refractivity contribution in [1.82, 2.24) is 0 Å². The van der Waals surface area contributed by atoms with E-state index >= 15 is 0 Å². The van der Waals surface area contributed by atoms with Crippen LogP contribution in [0.5, 0.6) is 0 Å². The van der Waals surface area contributed by atoms with Crippen LogP contribution in [0.2, 0.25) is 0 Å². The molecule has 0 radical (unpaired) electrons. The van der Waals surface area contributed by atoms with Gasteiger partial charge in [0.15, 0.2) is 11.7 Å². The SMILES string of the molecule is CC1=NOC(=O)C1C(=O)c1ccccc1F. The van der Waals surface area contributed by atoms with E-state index in [1.807, 2.05) is 0 Å². The first-order valence-corrected chi connectivity index (χ1v) is 4.65. The van der Waals surface area contributed by atoms with Crippen molar-refractivity contribution in [3.8, 4) is 0 Å². The van der Waals surface area contributed by atoms with Gasteiger partial charge in [0.05, 0.1) is 11.3 Å². The molecule has 0 saturated carbocycles. The number of benzene rings is 1. The normalized spacial score (nSPS) is 19.2. The second-order valence-electron chi connectivity index (χ2n) is 3.42. The van der Waals surface area contributed by atoms with E-state index in [1.54, 1.807) is 0 Å². The van der Waals surface area contributed by atoms with Gasteiger partial charge < -0.3 is 4.84 Å². The van der Waals surface area contributed by atoms with Crippen molar-refractivity contribution >= 4 is 17.5 Å². The number of carbonyl (C=O) groups is 2. The predicted octanol–water partition coefficient (Wildman–Crippen LogP) is 1.56. The predicted molar refractivity (Wildman–Crippen MR) is 53.4 cm³/mol. The van der Waals surface area contributed by atoms with E-state index in [0.29, 0.717) is 0 Å². The van der Waals surface area contributed by atoms with Crippen LogP contribution < -0.4 is 0 Å². The van der Waals surface area contributed by atoms with Crippen molar-refractivity contribution < 1.29 is 18.8 Å². The molecular formula is C11H8FNO3. The van der Waals surface area contributed by atoms with E-state index < -0.39 is 23.5 Å². The van der Waals surface area contributed by atoms with Crippen LogP contribution in [0.1, 0.15) is 17.3 Å². The van der Waals surface area contributed by atoms with Gasteiger partial charge in [0.1, 0.15) is 5.82 Å². The summed E-state index contributed by atoms with van der Waals surface area (Å²) in [7, 11) is 0. The zero-order chi connectivity index (χ0) is 11.7. The minimum Gasteiger partial charge on any atom is -0.317 e. The first-order valence-electron chi connectivity index (χ1n) is 4.65. The molecule has 1 atom stereocenters. The fourth-order valence-electron chi connectivity index (χ4n) is 1.51. The summed E-state index contributed by atoms with van der Waals surface area (Å²) in [5.41, 5.74) is 0.124. The highest BCUT2D eigenvalue weighted by atomic mass is 19.1. The Kier molecular flexibility index (Phi) is 2.52. The van der Waals surface area contributed by atoms with Crippen molar-refractivity contribution in [3.05, 3.63) is 35.6 Å². The third-order valence-corrected chi connectivity index (χ3v) is 2.33. The van der Waals surface area contributed by atoms with Gasteiger partial charge >= 0.3 is 5.97 Å². The fourth-order valence-corrected chi connectivity index (χ4v) is 1.51. The molecule has 0 saturated heterocycles. The zero-order valence-electron chi connectivity index (χ0n) is 8.44. The number of ketones is 1. The lowest BCUT2D eigenvalue weighted by molar-refractivity contribution is -0.142. The van der Waals surface area contributed by atoms with E-state index in [4.69, 9.17) is 0 Å². The first-order chi connectivity index (χ1) is 7.61. The molecule has 4 nitrogen and oxygen atoms in total. The quantitative estimate of drug-likeness (QED) is 0.432. The maximum absolute atomic E-state index is 13.3. The number of Topliss-reactive ketones (excluding diaryl/α,β-unsaturated/α-hetero) is 1. The molecule has 0 N–H and O–H groups in total. The number of carbonyl (C=O) groups excluding carboxylic acids is 2. The van der Waals surface area contributed by atoms with Crippen molar-refractivity contribution in [2.75, 3.05) is 0 Å². The van der Waals surface area contributed by atoms with Gasteiger partial charge in [-0.1, -0.05) is 17.3 Å². The number of hydrogen-bond donors (Lipinski definition) is 0. The molecule has 0 spiro atoms. The second-order valence-corrected chi connectivity index (χ2v) is 3.42. The largest absolute Gasteiger partial charge is 0.351 e. The van der Waals surface area contributed by atoms with E-state index in [1.165, 1.54) is 31.2 Å². The summed E-state index contributed by atoms with van der Waals surface area (Å²) in [6, 6.07) is 5.50. The molecule has 1 heterocycles. The van der Waals surface area contributed by atoms with Gasteiger partial charge in [-0.2, -0.15) is 0 Å². The maximum Gasteiger partial charge on any atom is 0.351 e. The van der Waals surface area contributed by atoms with Crippen LogP contribution in [0.3, 0.4) is 0 Å². The van der Waals surface area contributed by atoms with E-state index in [0.717, 1.165) is 0 Å². The van der Waals surface area contributed by atoms with Gasteiger partial charge in [0, 0.05) is 0 Å². The Morgan fingerprint density at radius 1 is 1.44 bits per heavy atom. The van der Waals surface area contributed by atoms with Crippen LogP contribution in [-0.4, -0.2) is 17.5 Å². The van der Waals surface area contributed by atoms with Crippen LogP contribution in [-0.2, 0) is 9.63 Å². The zero-order valence-corrected chi connectivity index (χ0v) is 8.44. The second kappa shape index (κ2) is 3.84. The number of nitrogens with zero attached hydrogens (tertiary/aromatic N) is 1. The summed E-state index contributed by atoms with van der Waals surface area (Å²) in [4.78, 5) is 27.5. The van der Waals surface area contributed by atoms with Crippen molar-refractivity contribution in [1.29, 1.82) is 0 Å². The van der Waals surface area contributed by atoms with Gasteiger partial charge in [-0.25, -0.2) is 9.18 Å². The molecule has 0 aromatic heterocycles. The molecule has 2 rings (SSSR count). The molecule has 1 aliphatic rings. The van der Waals surface area contributed by atoms with Gasteiger partial charge in [0.25, 0.3) is 0 Å². The summed E-state index contributed by atoms with van der Waals surface area (Å²) in [6.45, 7) is 1.49. The Morgan fingerprint density at radius 3 is 2.69 bits per heavy atom. The lowest BCUT2D eigenvalue weighted by Gasteiger charge is -2.05. The summed E-state index contributed by atoms with van der Waals surface area (Å²) in [6.07, 6.45) is 0. The first kappa shape index (κ1) is 10.5. The Hall–Kier alpha value is -2.04. The third kappa shape index (κ3) is 1.60. The molecule has 1 aliphatic heterocycles. The smallest absolute Gasteiger partial charge is 0.317 e. The van der Waals surface area contributed by atoms with Gasteiger partial charge in [-0.15, -0.1) is 0 Å². The number of oxime groups is 1. The molecule has 0 aliphatic carbocycles. The van der Waals surface area contributed by atoms with Crippen LogP contribution >= 0.6 is 0 Å². The molecule has 0 amide bonds. The van der Waals surface area contributed by atoms with Crippen LogP contribution in [0, 0.1) is 11.7 Å². The van der Waals surface area contributed by atoms with Crippen molar-refractivity contribution in [2.45, 2.75) is 6.92 Å². The molecule has 0 fully saturated rings. The molecular weight excluding hydrogens is 213 g/mol. The molecule has 1 unspecified atom stereocenters. The summed E-state index contributed by atoms with van der Waals surface area (Å²) < 4.78 is 13.3. The van der Waals surface area contributed by atoms with Crippen LogP contribution in [0.15, 0.2) is 29.4 Å². The number of hydrogen-bond acceptors (Lipinski definition) is 4. The van der Waals surface area contributed by atoms with Gasteiger partial charge in [-0.05, 0) is 19.1 Å². The summed E-state index contributed by atoms with van der Waals surface area (Å²) in [5.74, 6) is -3.15. The lowest BCUT2D eigenvalue weighted by Crippen LogP contribution is -2.27. The van der Waals surface area contributed by atoms with Crippen molar-refractivity contribution in [2.24, 2.45) is 11.1 Å². The highest BCUT2D eigenvalue weighted by Crippen LogP contribution is 2.19. The Bertz CT molecular complexity index is 496. The third-order valence-electron chi connectivity index (χ3n) is 2.33.